The van der Waals surface area contributed by atoms with Gasteiger partial charge in [0.1, 0.15) is 0 Å². The van der Waals surface area contributed by atoms with Crippen LogP contribution in [-0.4, -0.2) is 16.9 Å². The van der Waals surface area contributed by atoms with Crippen LogP contribution in [0.1, 0.15) is 21.8 Å². The first-order valence-electron chi connectivity index (χ1n) is 6.45. The summed E-state index contributed by atoms with van der Waals surface area (Å²) in [4.78, 5) is 20.0. The molecule has 2 aromatic rings. The molecule has 0 N–H and O–H groups in total. The Hall–Kier alpha value is -2.48. The molecular formula is C15H9F3N2O2S. The summed E-state index contributed by atoms with van der Waals surface area (Å²) in [6.45, 7) is 1.83. The molecule has 0 radical (unpaired) electrons. The monoisotopic (exact) mass is 338 g/mol. The first kappa shape index (κ1) is 15.4. The summed E-state index contributed by atoms with van der Waals surface area (Å²) in [5, 5.41) is 2.61. The number of cyclic esters (lactones) is 1. The number of halogens is 3. The normalized spacial score (nSPS) is 16.6. The van der Waals surface area contributed by atoms with E-state index in [9.17, 15) is 18.0 Å². The molecule has 4 nitrogen and oxygen atoms in total. The van der Waals surface area contributed by atoms with E-state index in [-0.39, 0.29) is 11.6 Å². The smallest absolute Gasteiger partial charge is 0.402 e. The maximum atomic E-state index is 12.5. The van der Waals surface area contributed by atoms with Crippen LogP contribution in [0.15, 0.2) is 40.3 Å². The van der Waals surface area contributed by atoms with E-state index in [4.69, 9.17) is 4.74 Å². The van der Waals surface area contributed by atoms with Gasteiger partial charge in [0, 0.05) is 10.9 Å². The van der Waals surface area contributed by atoms with Gasteiger partial charge in [-0.3, -0.25) is 0 Å². The molecule has 0 fully saturated rings. The summed E-state index contributed by atoms with van der Waals surface area (Å²) in [6, 6.07) is 4.25. The molecule has 0 bridgehead atoms. The van der Waals surface area contributed by atoms with Gasteiger partial charge in [-0.25, -0.2) is 14.8 Å². The Labute approximate surface area is 133 Å². The number of nitrogens with zero attached hydrogens (tertiary/aromatic N) is 2. The first-order chi connectivity index (χ1) is 10.8. The highest BCUT2D eigenvalue weighted by Gasteiger charge is 2.31. The van der Waals surface area contributed by atoms with E-state index in [1.807, 2.05) is 6.92 Å². The van der Waals surface area contributed by atoms with Gasteiger partial charge in [0.2, 0.25) is 5.90 Å². The lowest BCUT2D eigenvalue weighted by Gasteiger charge is -2.06. The number of benzene rings is 1. The minimum Gasteiger partial charge on any atom is -0.402 e. The first-order valence-corrected chi connectivity index (χ1v) is 7.33. The number of aryl methyl sites for hydroxylation is 1. The Balaban J connectivity index is 1.88. The molecule has 1 aliphatic rings. The van der Waals surface area contributed by atoms with Crippen molar-refractivity contribution in [3.8, 4) is 0 Å². The Bertz CT molecular complexity index is 820. The van der Waals surface area contributed by atoms with Gasteiger partial charge in [0.25, 0.3) is 0 Å². The van der Waals surface area contributed by atoms with Gasteiger partial charge in [-0.2, -0.15) is 13.2 Å². The van der Waals surface area contributed by atoms with Crippen LogP contribution in [0.2, 0.25) is 0 Å². The van der Waals surface area contributed by atoms with Crippen LogP contribution in [0.3, 0.4) is 0 Å². The van der Waals surface area contributed by atoms with Gasteiger partial charge in [-0.05, 0) is 37.3 Å². The minimum absolute atomic E-state index is 0.0260. The fraction of sp³-hybridized carbons (Fsp3) is 0.133. The molecule has 1 aromatic heterocycles. The third-order valence-electron chi connectivity index (χ3n) is 3.00. The van der Waals surface area contributed by atoms with E-state index >= 15 is 0 Å². The number of rotatable bonds is 2. The summed E-state index contributed by atoms with van der Waals surface area (Å²) in [5.74, 6) is -0.688. The molecule has 0 aliphatic carbocycles. The number of hydrogen-bond acceptors (Lipinski definition) is 5. The van der Waals surface area contributed by atoms with Gasteiger partial charge < -0.3 is 4.74 Å². The number of aromatic nitrogens is 1. The molecule has 1 aliphatic heterocycles. The summed E-state index contributed by atoms with van der Waals surface area (Å²) in [5.41, 5.74) is 0.158. The van der Waals surface area contributed by atoms with Gasteiger partial charge in [-0.15, -0.1) is 11.3 Å². The van der Waals surface area contributed by atoms with Crippen LogP contribution in [0.4, 0.5) is 13.2 Å². The molecule has 0 amide bonds. The zero-order valence-corrected chi connectivity index (χ0v) is 12.5. The predicted octanol–water partition coefficient (Wildman–Crippen LogP) is 3.81. The molecule has 8 heteroatoms. The zero-order valence-electron chi connectivity index (χ0n) is 11.7. The molecule has 118 valence electrons. The highest BCUT2D eigenvalue weighted by Crippen LogP contribution is 2.29. The van der Waals surface area contributed by atoms with E-state index in [0.717, 1.165) is 17.1 Å². The van der Waals surface area contributed by atoms with Crippen molar-refractivity contribution < 1.29 is 22.7 Å². The van der Waals surface area contributed by atoms with Gasteiger partial charge in [0.15, 0.2) is 5.70 Å². The molecule has 0 spiro atoms. The van der Waals surface area contributed by atoms with E-state index in [2.05, 4.69) is 9.98 Å². The Kier molecular flexibility index (Phi) is 3.77. The van der Waals surface area contributed by atoms with E-state index in [0.29, 0.717) is 11.3 Å². The lowest BCUT2D eigenvalue weighted by Crippen LogP contribution is -2.08. The van der Waals surface area contributed by atoms with Gasteiger partial charge >= 0.3 is 12.1 Å². The van der Waals surface area contributed by atoms with E-state index in [1.54, 1.807) is 5.38 Å². The summed E-state index contributed by atoms with van der Waals surface area (Å²) in [6.07, 6.45) is -2.94. The second kappa shape index (κ2) is 5.62. The molecule has 23 heavy (non-hydrogen) atoms. The number of alkyl halides is 3. The third-order valence-corrected chi connectivity index (χ3v) is 3.79. The number of carbonyl (C=O) groups is 1. The maximum absolute atomic E-state index is 12.5. The van der Waals surface area contributed by atoms with Crippen LogP contribution in [0.5, 0.6) is 0 Å². The number of hydrogen-bond donors (Lipinski definition) is 0. The highest BCUT2D eigenvalue weighted by atomic mass is 32.1. The van der Waals surface area contributed by atoms with Crippen molar-refractivity contribution >= 4 is 29.3 Å². The third kappa shape index (κ3) is 3.31. The molecule has 1 aromatic carbocycles. The highest BCUT2D eigenvalue weighted by molar-refractivity contribution is 7.09. The quantitative estimate of drug-likeness (QED) is 0.618. The van der Waals surface area contributed by atoms with Crippen molar-refractivity contribution in [2.24, 2.45) is 4.99 Å². The van der Waals surface area contributed by atoms with Crippen molar-refractivity contribution in [3.05, 3.63) is 57.2 Å². The molecule has 3 rings (SSSR count). The fourth-order valence-electron chi connectivity index (χ4n) is 1.92. The van der Waals surface area contributed by atoms with Crippen molar-refractivity contribution in [1.82, 2.24) is 4.98 Å². The van der Waals surface area contributed by atoms with Crippen LogP contribution in [-0.2, 0) is 15.7 Å². The Morgan fingerprint density at radius 3 is 2.48 bits per heavy atom. The number of aliphatic imine (C=N–C) groups is 1. The molecule has 2 heterocycles. The molecular weight excluding hydrogens is 329 g/mol. The van der Waals surface area contributed by atoms with Crippen molar-refractivity contribution in [1.29, 1.82) is 0 Å². The lowest BCUT2D eigenvalue weighted by molar-refractivity contribution is -0.137. The molecule has 0 saturated carbocycles. The molecule has 0 atom stereocenters. The second-order valence-electron chi connectivity index (χ2n) is 4.70. The molecule has 0 unspecified atom stereocenters. The summed E-state index contributed by atoms with van der Waals surface area (Å²) < 4.78 is 42.6. The van der Waals surface area contributed by atoms with Crippen molar-refractivity contribution in [2.75, 3.05) is 0 Å². The number of ether oxygens (including phenoxy) is 1. The molecule has 0 saturated heterocycles. The number of esters is 1. The SMILES string of the molecule is Cc1nc(/C=C2\N=C(c3ccc(C(F)(F)F)cc3)OC2=O)cs1. The van der Waals surface area contributed by atoms with Crippen LogP contribution < -0.4 is 0 Å². The van der Waals surface area contributed by atoms with E-state index < -0.39 is 17.7 Å². The van der Waals surface area contributed by atoms with Crippen molar-refractivity contribution in [2.45, 2.75) is 13.1 Å². The lowest BCUT2D eigenvalue weighted by atomic mass is 10.1. The maximum Gasteiger partial charge on any atom is 0.416 e. The Morgan fingerprint density at radius 1 is 1.22 bits per heavy atom. The second-order valence-corrected chi connectivity index (χ2v) is 5.76. The summed E-state index contributed by atoms with van der Waals surface area (Å²) in [7, 11) is 0. The van der Waals surface area contributed by atoms with Crippen molar-refractivity contribution in [3.63, 3.8) is 0 Å². The standard InChI is InChI=1S/C15H9F3N2O2S/c1-8-19-11(7-23-8)6-12-14(21)22-13(20-12)9-2-4-10(5-3-9)15(16,17)18/h2-7H,1H3/b12-6-. The average Bonchev–Trinajstić information content (AvgIpc) is 3.05. The summed E-state index contributed by atoms with van der Waals surface area (Å²) >= 11 is 1.43. The van der Waals surface area contributed by atoms with Crippen LogP contribution in [0, 0.1) is 6.92 Å². The Morgan fingerprint density at radius 2 is 1.91 bits per heavy atom. The van der Waals surface area contributed by atoms with Gasteiger partial charge in [0.05, 0.1) is 16.3 Å². The largest absolute Gasteiger partial charge is 0.416 e. The fourth-order valence-corrected chi connectivity index (χ4v) is 2.49. The van der Waals surface area contributed by atoms with Crippen LogP contribution >= 0.6 is 11.3 Å². The minimum atomic E-state index is -4.42. The predicted molar refractivity (Wildman–Crippen MR) is 78.9 cm³/mol. The topological polar surface area (TPSA) is 51.6 Å². The average molecular weight is 338 g/mol. The zero-order chi connectivity index (χ0) is 16.6. The van der Waals surface area contributed by atoms with Crippen LogP contribution in [0.25, 0.3) is 6.08 Å². The number of carbonyl (C=O) groups excluding carboxylic acids is 1. The van der Waals surface area contributed by atoms with E-state index in [1.165, 1.54) is 29.5 Å². The number of thiazole rings is 1. The van der Waals surface area contributed by atoms with Gasteiger partial charge in [-0.1, -0.05) is 0 Å².